The van der Waals surface area contributed by atoms with Crippen molar-refractivity contribution in [2.75, 3.05) is 6.54 Å². The lowest BCUT2D eigenvalue weighted by Gasteiger charge is -2.27. The Kier molecular flexibility index (Phi) is 5.15. The van der Waals surface area contributed by atoms with Crippen molar-refractivity contribution in [1.29, 1.82) is 0 Å². The molecule has 1 unspecified atom stereocenters. The van der Waals surface area contributed by atoms with E-state index in [-0.39, 0.29) is 0 Å². The minimum atomic E-state index is 0.321. The summed E-state index contributed by atoms with van der Waals surface area (Å²) in [5, 5.41) is 3.71. The Morgan fingerprint density at radius 2 is 2.14 bits per heavy atom. The van der Waals surface area contributed by atoms with Gasteiger partial charge in [0.1, 0.15) is 0 Å². The first-order chi connectivity index (χ1) is 10.3. The van der Waals surface area contributed by atoms with Gasteiger partial charge < -0.3 is 5.32 Å². The summed E-state index contributed by atoms with van der Waals surface area (Å²) in [4.78, 5) is 1.39. The van der Waals surface area contributed by atoms with Crippen molar-refractivity contribution in [3.8, 4) is 0 Å². The molecule has 1 saturated carbocycles. The third kappa shape index (κ3) is 3.58. The van der Waals surface area contributed by atoms with E-state index in [1.54, 1.807) is 0 Å². The molecule has 1 nitrogen and oxygen atoms in total. The zero-order chi connectivity index (χ0) is 14.7. The van der Waals surface area contributed by atoms with Crippen LogP contribution in [0.4, 0.5) is 0 Å². The molecular formula is C18H22BrNS. The van der Waals surface area contributed by atoms with Crippen LogP contribution in [0.2, 0.25) is 0 Å². The van der Waals surface area contributed by atoms with Gasteiger partial charge in [0, 0.05) is 4.88 Å². The summed E-state index contributed by atoms with van der Waals surface area (Å²) in [5.74, 6) is 0.798. The Labute approximate surface area is 139 Å². The molecule has 1 aromatic heterocycles. The van der Waals surface area contributed by atoms with Crippen molar-refractivity contribution in [1.82, 2.24) is 5.32 Å². The molecule has 2 aromatic rings. The molecule has 0 saturated heterocycles. The Balaban J connectivity index is 1.88. The molecule has 0 amide bonds. The standard InChI is InChI=1S/C18H22BrNS/c1-2-11-20-18(16-9-10-17(19)21-16)15-8-4-7-14(12-15)13-5-3-6-13/h4,7-10,12-13,18,20H,2-3,5-6,11H2,1H3. The molecule has 1 atom stereocenters. The highest BCUT2D eigenvalue weighted by molar-refractivity contribution is 9.11. The SMILES string of the molecule is CCCNC(c1cccc(C2CCC2)c1)c1ccc(Br)s1. The molecule has 1 aromatic carbocycles. The van der Waals surface area contributed by atoms with Crippen LogP contribution in [0, 0.1) is 0 Å². The number of halogens is 1. The van der Waals surface area contributed by atoms with Gasteiger partial charge in [-0.05, 0) is 70.9 Å². The molecule has 0 spiro atoms. The lowest BCUT2D eigenvalue weighted by atomic mass is 9.79. The molecule has 1 fully saturated rings. The van der Waals surface area contributed by atoms with Crippen LogP contribution in [-0.2, 0) is 0 Å². The quantitative estimate of drug-likeness (QED) is 0.676. The lowest BCUT2D eigenvalue weighted by molar-refractivity contribution is 0.419. The predicted octanol–water partition coefficient (Wildman–Crippen LogP) is 5.87. The van der Waals surface area contributed by atoms with Crippen molar-refractivity contribution in [2.24, 2.45) is 0 Å². The Bertz CT molecular complexity index is 588. The van der Waals surface area contributed by atoms with Crippen molar-refractivity contribution in [3.63, 3.8) is 0 Å². The predicted molar refractivity (Wildman–Crippen MR) is 95.2 cm³/mol. The summed E-state index contributed by atoms with van der Waals surface area (Å²) in [7, 11) is 0. The van der Waals surface area contributed by atoms with Crippen molar-refractivity contribution in [3.05, 3.63) is 56.2 Å². The maximum Gasteiger partial charge on any atom is 0.0702 e. The molecule has 21 heavy (non-hydrogen) atoms. The van der Waals surface area contributed by atoms with Crippen LogP contribution >= 0.6 is 27.3 Å². The highest BCUT2D eigenvalue weighted by Crippen LogP contribution is 2.38. The number of thiophene rings is 1. The van der Waals surface area contributed by atoms with Crippen LogP contribution in [0.25, 0.3) is 0 Å². The van der Waals surface area contributed by atoms with E-state index in [4.69, 9.17) is 0 Å². The first-order valence-corrected chi connectivity index (χ1v) is 9.47. The molecule has 1 heterocycles. The Morgan fingerprint density at radius 3 is 2.76 bits per heavy atom. The van der Waals surface area contributed by atoms with E-state index >= 15 is 0 Å². The van der Waals surface area contributed by atoms with E-state index < -0.39 is 0 Å². The van der Waals surface area contributed by atoms with Gasteiger partial charge in [0.2, 0.25) is 0 Å². The fourth-order valence-electron chi connectivity index (χ4n) is 2.89. The average molecular weight is 364 g/mol. The minimum absolute atomic E-state index is 0.321. The second-order valence-electron chi connectivity index (χ2n) is 5.83. The monoisotopic (exact) mass is 363 g/mol. The van der Waals surface area contributed by atoms with Crippen molar-refractivity contribution >= 4 is 27.3 Å². The lowest BCUT2D eigenvalue weighted by Crippen LogP contribution is -2.22. The highest BCUT2D eigenvalue weighted by Gasteiger charge is 2.21. The van der Waals surface area contributed by atoms with Gasteiger partial charge in [-0.25, -0.2) is 0 Å². The van der Waals surface area contributed by atoms with Gasteiger partial charge in [0.05, 0.1) is 9.83 Å². The van der Waals surface area contributed by atoms with Crippen LogP contribution < -0.4 is 5.32 Å². The first-order valence-electron chi connectivity index (χ1n) is 7.86. The summed E-state index contributed by atoms with van der Waals surface area (Å²) in [5.41, 5.74) is 2.93. The molecular weight excluding hydrogens is 342 g/mol. The maximum absolute atomic E-state index is 3.71. The van der Waals surface area contributed by atoms with E-state index in [1.807, 2.05) is 11.3 Å². The van der Waals surface area contributed by atoms with E-state index in [0.717, 1.165) is 18.9 Å². The van der Waals surface area contributed by atoms with Gasteiger partial charge in [-0.1, -0.05) is 37.6 Å². The molecule has 112 valence electrons. The fraction of sp³-hybridized carbons (Fsp3) is 0.444. The smallest absolute Gasteiger partial charge is 0.0702 e. The van der Waals surface area contributed by atoms with Gasteiger partial charge >= 0.3 is 0 Å². The van der Waals surface area contributed by atoms with Crippen LogP contribution in [0.15, 0.2) is 40.2 Å². The number of hydrogen-bond donors (Lipinski definition) is 1. The van der Waals surface area contributed by atoms with Gasteiger partial charge in [-0.3, -0.25) is 0 Å². The fourth-order valence-corrected chi connectivity index (χ4v) is 4.42. The molecule has 0 bridgehead atoms. The molecule has 1 N–H and O–H groups in total. The van der Waals surface area contributed by atoms with E-state index in [0.29, 0.717) is 6.04 Å². The molecule has 3 rings (SSSR count). The van der Waals surface area contributed by atoms with Gasteiger partial charge in [0.15, 0.2) is 0 Å². The molecule has 0 aliphatic heterocycles. The zero-order valence-corrected chi connectivity index (χ0v) is 14.8. The number of benzene rings is 1. The second-order valence-corrected chi connectivity index (χ2v) is 8.32. The van der Waals surface area contributed by atoms with E-state index in [9.17, 15) is 0 Å². The van der Waals surface area contributed by atoms with Crippen LogP contribution in [-0.4, -0.2) is 6.54 Å². The average Bonchev–Trinajstić information content (AvgIpc) is 2.84. The van der Waals surface area contributed by atoms with Gasteiger partial charge in [-0.2, -0.15) is 0 Å². The second kappa shape index (κ2) is 7.08. The van der Waals surface area contributed by atoms with Gasteiger partial charge in [0.25, 0.3) is 0 Å². The normalized spacial score (nSPS) is 16.7. The maximum atomic E-state index is 3.71. The zero-order valence-electron chi connectivity index (χ0n) is 12.4. The molecule has 1 aliphatic rings. The molecule has 0 radical (unpaired) electrons. The van der Waals surface area contributed by atoms with Crippen molar-refractivity contribution in [2.45, 2.75) is 44.6 Å². The third-order valence-electron chi connectivity index (χ3n) is 4.30. The van der Waals surface area contributed by atoms with E-state index in [2.05, 4.69) is 64.6 Å². The van der Waals surface area contributed by atoms with Gasteiger partial charge in [-0.15, -0.1) is 11.3 Å². The third-order valence-corrected chi connectivity index (χ3v) is 5.99. The molecule has 3 heteroatoms. The Morgan fingerprint density at radius 1 is 1.29 bits per heavy atom. The summed E-state index contributed by atoms with van der Waals surface area (Å²) >= 11 is 5.42. The van der Waals surface area contributed by atoms with Crippen molar-refractivity contribution < 1.29 is 0 Å². The highest BCUT2D eigenvalue weighted by atomic mass is 79.9. The number of nitrogens with one attached hydrogen (secondary N) is 1. The summed E-state index contributed by atoms with van der Waals surface area (Å²) in [6.45, 7) is 3.27. The van der Waals surface area contributed by atoms with Crippen LogP contribution in [0.5, 0.6) is 0 Å². The topological polar surface area (TPSA) is 12.0 Å². The van der Waals surface area contributed by atoms with Crippen LogP contribution in [0.1, 0.15) is 60.6 Å². The minimum Gasteiger partial charge on any atom is -0.306 e. The molecule has 1 aliphatic carbocycles. The number of rotatable bonds is 6. The number of hydrogen-bond acceptors (Lipinski definition) is 2. The van der Waals surface area contributed by atoms with Crippen LogP contribution in [0.3, 0.4) is 0 Å². The summed E-state index contributed by atoms with van der Waals surface area (Å²) in [6, 6.07) is 13.9. The first kappa shape index (κ1) is 15.3. The summed E-state index contributed by atoms with van der Waals surface area (Å²) in [6.07, 6.45) is 5.28. The van der Waals surface area contributed by atoms with E-state index in [1.165, 1.54) is 39.1 Å². The summed E-state index contributed by atoms with van der Waals surface area (Å²) < 4.78 is 1.20. The largest absolute Gasteiger partial charge is 0.306 e. The Hall–Kier alpha value is -0.640.